The number of aromatic nitrogens is 3. The predicted octanol–water partition coefficient (Wildman–Crippen LogP) is 3.46. The second kappa shape index (κ2) is 7.05. The van der Waals surface area contributed by atoms with Crippen molar-refractivity contribution in [3.63, 3.8) is 0 Å². The van der Waals surface area contributed by atoms with Gasteiger partial charge in [0.25, 0.3) is 0 Å². The van der Waals surface area contributed by atoms with E-state index in [2.05, 4.69) is 41.4 Å². The van der Waals surface area contributed by atoms with Crippen LogP contribution < -0.4 is 5.32 Å². The molecule has 0 aliphatic heterocycles. The van der Waals surface area contributed by atoms with Gasteiger partial charge in [0.05, 0.1) is 16.4 Å². The van der Waals surface area contributed by atoms with Gasteiger partial charge in [0, 0.05) is 30.9 Å². The van der Waals surface area contributed by atoms with E-state index in [0.29, 0.717) is 0 Å². The number of halogens is 1. The summed E-state index contributed by atoms with van der Waals surface area (Å²) in [5, 5.41) is 8.82. The van der Waals surface area contributed by atoms with E-state index in [1.807, 2.05) is 24.7 Å². The molecular formula is C16H23ClN4. The molecule has 5 heteroatoms. The lowest BCUT2D eigenvalue weighted by Gasteiger charge is -2.19. The van der Waals surface area contributed by atoms with Crippen molar-refractivity contribution in [1.82, 2.24) is 20.1 Å². The molecule has 114 valence electrons. The second-order valence-electron chi connectivity index (χ2n) is 5.21. The van der Waals surface area contributed by atoms with E-state index in [1.54, 1.807) is 0 Å². The first-order valence-corrected chi connectivity index (χ1v) is 7.82. The number of aryl methyl sites for hydroxylation is 3. The van der Waals surface area contributed by atoms with Crippen molar-refractivity contribution in [3.05, 3.63) is 46.0 Å². The van der Waals surface area contributed by atoms with Crippen molar-refractivity contribution in [2.45, 2.75) is 46.7 Å². The maximum absolute atomic E-state index is 6.43. The predicted molar refractivity (Wildman–Crippen MR) is 86.7 cm³/mol. The van der Waals surface area contributed by atoms with Gasteiger partial charge in [-0.25, -0.2) is 0 Å². The number of nitrogens with zero attached hydrogens (tertiary/aromatic N) is 3. The van der Waals surface area contributed by atoms with Crippen molar-refractivity contribution in [2.24, 2.45) is 0 Å². The molecule has 1 N–H and O–H groups in total. The average molecular weight is 307 g/mol. The lowest BCUT2D eigenvalue weighted by atomic mass is 10.0. The van der Waals surface area contributed by atoms with Crippen LogP contribution in [0.2, 0.25) is 5.02 Å². The van der Waals surface area contributed by atoms with Gasteiger partial charge < -0.3 is 5.32 Å². The lowest BCUT2D eigenvalue weighted by Crippen LogP contribution is -2.24. The Morgan fingerprint density at radius 2 is 2.10 bits per heavy atom. The highest BCUT2D eigenvalue weighted by atomic mass is 35.5. The molecule has 2 rings (SSSR count). The van der Waals surface area contributed by atoms with E-state index in [9.17, 15) is 0 Å². The van der Waals surface area contributed by atoms with Gasteiger partial charge in [-0.1, -0.05) is 18.5 Å². The maximum atomic E-state index is 6.43. The minimum Gasteiger partial charge on any atom is -0.310 e. The molecule has 1 unspecified atom stereocenters. The molecule has 0 radical (unpaired) electrons. The van der Waals surface area contributed by atoms with Crippen LogP contribution in [-0.2, 0) is 13.0 Å². The Kier molecular flexibility index (Phi) is 5.37. The van der Waals surface area contributed by atoms with Crippen molar-refractivity contribution in [2.75, 3.05) is 6.54 Å². The monoisotopic (exact) mass is 306 g/mol. The molecule has 0 saturated heterocycles. The Hall–Kier alpha value is -1.39. The summed E-state index contributed by atoms with van der Waals surface area (Å²) in [6, 6.07) is 4.41. The van der Waals surface area contributed by atoms with Gasteiger partial charge in [0.2, 0.25) is 0 Å². The van der Waals surface area contributed by atoms with Gasteiger partial charge in [-0.3, -0.25) is 9.67 Å². The molecular weight excluding hydrogens is 284 g/mol. The zero-order valence-corrected chi connectivity index (χ0v) is 13.9. The molecule has 2 aromatic heterocycles. The maximum Gasteiger partial charge on any atom is 0.0847 e. The number of pyridine rings is 1. The van der Waals surface area contributed by atoms with E-state index >= 15 is 0 Å². The third kappa shape index (κ3) is 3.63. The van der Waals surface area contributed by atoms with Gasteiger partial charge in [0.1, 0.15) is 0 Å². The van der Waals surface area contributed by atoms with E-state index in [-0.39, 0.29) is 6.04 Å². The van der Waals surface area contributed by atoms with Crippen molar-refractivity contribution < 1.29 is 0 Å². The van der Waals surface area contributed by atoms with E-state index < -0.39 is 0 Å². The highest BCUT2D eigenvalue weighted by molar-refractivity contribution is 6.31. The summed E-state index contributed by atoms with van der Waals surface area (Å²) in [7, 11) is 0. The minimum absolute atomic E-state index is 0.218. The van der Waals surface area contributed by atoms with Gasteiger partial charge in [-0.2, -0.15) is 5.10 Å². The van der Waals surface area contributed by atoms with Crippen molar-refractivity contribution in [3.8, 4) is 0 Å². The molecule has 0 aromatic carbocycles. The fourth-order valence-corrected chi connectivity index (χ4v) is 2.81. The number of likely N-dealkylation sites (N-methyl/N-ethyl adjacent to an activating group) is 1. The Morgan fingerprint density at radius 1 is 1.33 bits per heavy atom. The Bertz CT molecular complexity index is 606. The SMILES string of the molecule is CCNC(Cc1c(Cl)c(C)nn1CC)c1ccnc(C)c1. The summed E-state index contributed by atoms with van der Waals surface area (Å²) in [5.74, 6) is 0. The highest BCUT2D eigenvalue weighted by Gasteiger charge is 2.19. The first-order chi connectivity index (χ1) is 10.1. The lowest BCUT2D eigenvalue weighted by molar-refractivity contribution is 0.515. The minimum atomic E-state index is 0.218. The molecule has 0 aliphatic carbocycles. The first kappa shape index (κ1) is 16.0. The molecule has 0 fully saturated rings. The van der Waals surface area contributed by atoms with Gasteiger partial charge in [0.15, 0.2) is 0 Å². The van der Waals surface area contributed by atoms with Crippen LogP contribution >= 0.6 is 11.6 Å². The largest absolute Gasteiger partial charge is 0.310 e. The van der Waals surface area contributed by atoms with Crippen LogP contribution in [0.25, 0.3) is 0 Å². The Morgan fingerprint density at radius 3 is 2.71 bits per heavy atom. The fourth-order valence-electron chi connectivity index (χ4n) is 2.60. The smallest absolute Gasteiger partial charge is 0.0847 e. The van der Waals surface area contributed by atoms with Crippen LogP contribution in [0.15, 0.2) is 18.3 Å². The zero-order chi connectivity index (χ0) is 15.4. The topological polar surface area (TPSA) is 42.7 Å². The average Bonchev–Trinajstić information content (AvgIpc) is 2.74. The summed E-state index contributed by atoms with van der Waals surface area (Å²) < 4.78 is 2.00. The van der Waals surface area contributed by atoms with Crippen LogP contribution in [-0.4, -0.2) is 21.3 Å². The number of hydrogen-bond acceptors (Lipinski definition) is 3. The molecule has 21 heavy (non-hydrogen) atoms. The first-order valence-electron chi connectivity index (χ1n) is 7.44. The van der Waals surface area contributed by atoms with E-state index in [4.69, 9.17) is 11.6 Å². The van der Waals surface area contributed by atoms with Crippen LogP contribution in [0.5, 0.6) is 0 Å². The molecule has 0 aliphatic rings. The van der Waals surface area contributed by atoms with Crippen LogP contribution in [0, 0.1) is 13.8 Å². The summed E-state index contributed by atoms with van der Waals surface area (Å²) in [4.78, 5) is 4.27. The standard InChI is InChI=1S/C16H23ClN4/c1-5-18-14(13-7-8-19-11(3)9-13)10-15-16(17)12(4)20-21(15)6-2/h7-9,14,18H,5-6,10H2,1-4H3. The van der Waals surface area contributed by atoms with Gasteiger partial charge in [-0.15, -0.1) is 0 Å². The zero-order valence-electron chi connectivity index (χ0n) is 13.2. The third-order valence-electron chi connectivity index (χ3n) is 3.62. The van der Waals surface area contributed by atoms with Gasteiger partial charge in [-0.05, 0) is 45.0 Å². The normalized spacial score (nSPS) is 12.6. The molecule has 0 bridgehead atoms. The molecule has 0 saturated carbocycles. The van der Waals surface area contributed by atoms with Crippen LogP contribution in [0.1, 0.15) is 42.5 Å². The summed E-state index contributed by atoms with van der Waals surface area (Å²) in [6.45, 7) is 9.91. The molecule has 1 atom stereocenters. The summed E-state index contributed by atoms with van der Waals surface area (Å²) >= 11 is 6.43. The van der Waals surface area contributed by atoms with Gasteiger partial charge >= 0.3 is 0 Å². The molecule has 2 aromatic rings. The summed E-state index contributed by atoms with van der Waals surface area (Å²) in [6.07, 6.45) is 2.68. The number of hydrogen-bond donors (Lipinski definition) is 1. The Balaban J connectivity index is 2.32. The fraction of sp³-hybridized carbons (Fsp3) is 0.500. The summed E-state index contributed by atoms with van der Waals surface area (Å²) in [5.41, 5.74) is 4.26. The quantitative estimate of drug-likeness (QED) is 0.888. The van der Waals surface area contributed by atoms with Crippen LogP contribution in [0.4, 0.5) is 0 Å². The Labute approximate surface area is 131 Å². The van der Waals surface area contributed by atoms with E-state index in [1.165, 1.54) is 5.56 Å². The highest BCUT2D eigenvalue weighted by Crippen LogP contribution is 2.26. The van der Waals surface area contributed by atoms with Crippen molar-refractivity contribution in [1.29, 1.82) is 0 Å². The van der Waals surface area contributed by atoms with E-state index in [0.717, 1.165) is 41.6 Å². The van der Waals surface area contributed by atoms with Crippen LogP contribution in [0.3, 0.4) is 0 Å². The molecule has 0 spiro atoms. The van der Waals surface area contributed by atoms with Crippen molar-refractivity contribution >= 4 is 11.6 Å². The second-order valence-corrected chi connectivity index (χ2v) is 5.58. The molecule has 4 nitrogen and oxygen atoms in total. The number of nitrogens with one attached hydrogen (secondary N) is 1. The molecule has 2 heterocycles. The third-order valence-corrected chi connectivity index (χ3v) is 4.12. The number of rotatable bonds is 6. The molecule has 0 amide bonds.